The van der Waals surface area contributed by atoms with Crippen LogP contribution < -0.4 is 5.32 Å². The van der Waals surface area contributed by atoms with Gasteiger partial charge in [0.05, 0.1) is 10.6 Å². The zero-order valence-electron chi connectivity index (χ0n) is 14.5. The summed E-state index contributed by atoms with van der Waals surface area (Å²) in [6.45, 7) is 3.87. The molecule has 0 saturated carbocycles. The Balaban J connectivity index is 0.00000182. The van der Waals surface area contributed by atoms with E-state index in [1.54, 1.807) is 0 Å². The molecule has 0 aliphatic carbocycles. The zero-order chi connectivity index (χ0) is 18.0. The second kappa shape index (κ2) is 10.5. The van der Waals surface area contributed by atoms with Crippen LogP contribution in [0, 0.1) is 11.7 Å². The summed E-state index contributed by atoms with van der Waals surface area (Å²) in [5.41, 5.74) is -0.852. The number of rotatable bonds is 3. The van der Waals surface area contributed by atoms with Crippen molar-refractivity contribution in [1.82, 2.24) is 10.2 Å². The summed E-state index contributed by atoms with van der Waals surface area (Å²) in [6, 6.07) is 1.17. The maximum atomic E-state index is 14.8. The van der Waals surface area contributed by atoms with Crippen molar-refractivity contribution in [3.05, 3.63) is 34.1 Å². The fourth-order valence-corrected chi connectivity index (χ4v) is 3.96. The Hall–Kier alpha value is -0.310. The third-order valence-electron chi connectivity index (χ3n) is 4.96. The lowest BCUT2D eigenvalue weighted by Gasteiger charge is -2.41. The number of hydrogen-bond acceptors (Lipinski definition) is 3. The van der Waals surface area contributed by atoms with Crippen LogP contribution in [0.5, 0.6) is 0 Å². The van der Waals surface area contributed by atoms with E-state index in [1.807, 2.05) is 0 Å². The third-order valence-corrected chi connectivity index (χ3v) is 5.23. The Bertz CT molecular complexity index is 589. The van der Waals surface area contributed by atoms with Crippen molar-refractivity contribution in [3.63, 3.8) is 0 Å². The third kappa shape index (κ3) is 5.84. The number of halogens is 7. The minimum atomic E-state index is -4.56. The van der Waals surface area contributed by atoms with Gasteiger partial charge in [-0.3, -0.25) is 4.90 Å². The average Bonchev–Trinajstić information content (AvgIpc) is 2.60. The smallest absolute Gasteiger partial charge is 0.381 e. The van der Waals surface area contributed by atoms with Gasteiger partial charge in [-0.2, -0.15) is 13.2 Å². The van der Waals surface area contributed by atoms with Gasteiger partial charge in [0.25, 0.3) is 0 Å². The summed E-state index contributed by atoms with van der Waals surface area (Å²) >= 11 is 5.82. The van der Waals surface area contributed by atoms with Gasteiger partial charge in [-0.1, -0.05) is 11.6 Å². The quantitative estimate of drug-likeness (QED) is 0.671. The number of benzene rings is 1. The van der Waals surface area contributed by atoms with Crippen LogP contribution in [0.2, 0.25) is 5.02 Å². The van der Waals surface area contributed by atoms with Crippen LogP contribution in [-0.4, -0.2) is 44.3 Å². The van der Waals surface area contributed by atoms with Gasteiger partial charge in [0.15, 0.2) is 0 Å². The van der Waals surface area contributed by atoms with Crippen molar-refractivity contribution in [2.75, 3.05) is 39.4 Å². The van der Waals surface area contributed by atoms with Crippen LogP contribution in [0.25, 0.3) is 0 Å². The van der Waals surface area contributed by atoms with Crippen LogP contribution in [0.15, 0.2) is 12.1 Å². The molecule has 2 heterocycles. The molecule has 2 aliphatic rings. The van der Waals surface area contributed by atoms with E-state index in [0.29, 0.717) is 45.2 Å². The summed E-state index contributed by atoms with van der Waals surface area (Å²) < 4.78 is 59.7. The highest BCUT2D eigenvalue weighted by Gasteiger charge is 2.37. The van der Waals surface area contributed by atoms with E-state index in [4.69, 9.17) is 16.3 Å². The minimum Gasteiger partial charge on any atom is -0.381 e. The zero-order valence-corrected chi connectivity index (χ0v) is 16.9. The van der Waals surface area contributed by atoms with E-state index in [9.17, 15) is 17.6 Å². The monoisotopic (exact) mass is 452 g/mol. The number of piperazine rings is 1. The Morgan fingerprint density at radius 3 is 2.26 bits per heavy atom. The Morgan fingerprint density at radius 1 is 1.11 bits per heavy atom. The molecule has 1 N–H and O–H groups in total. The first-order chi connectivity index (χ1) is 11.9. The molecule has 1 atom stereocenters. The summed E-state index contributed by atoms with van der Waals surface area (Å²) in [5.74, 6) is -0.703. The number of nitrogens with one attached hydrogen (secondary N) is 1. The van der Waals surface area contributed by atoms with Crippen LogP contribution in [0.3, 0.4) is 0 Å². The molecule has 0 bridgehead atoms. The lowest BCUT2D eigenvalue weighted by molar-refractivity contribution is -0.137. The lowest BCUT2D eigenvalue weighted by atomic mass is 9.84. The largest absolute Gasteiger partial charge is 0.416 e. The van der Waals surface area contributed by atoms with E-state index in [-0.39, 0.29) is 36.3 Å². The second-order valence-corrected chi connectivity index (χ2v) is 6.95. The van der Waals surface area contributed by atoms with Crippen molar-refractivity contribution in [2.45, 2.75) is 25.1 Å². The molecule has 2 saturated heterocycles. The van der Waals surface area contributed by atoms with E-state index in [2.05, 4.69) is 10.2 Å². The molecule has 0 radical (unpaired) electrons. The van der Waals surface area contributed by atoms with Gasteiger partial charge >= 0.3 is 6.18 Å². The molecule has 3 nitrogen and oxygen atoms in total. The maximum Gasteiger partial charge on any atom is 0.416 e. The summed E-state index contributed by atoms with van der Waals surface area (Å²) in [4.78, 5) is 2.07. The maximum absolute atomic E-state index is 14.8. The Kier molecular flexibility index (Phi) is 9.58. The summed E-state index contributed by atoms with van der Waals surface area (Å²) in [7, 11) is 0. The summed E-state index contributed by atoms with van der Waals surface area (Å²) in [6.07, 6.45) is -3.17. The molecule has 0 amide bonds. The van der Waals surface area contributed by atoms with E-state index < -0.39 is 28.6 Å². The highest BCUT2D eigenvalue weighted by molar-refractivity contribution is 6.30. The minimum absolute atomic E-state index is 0. The van der Waals surface area contributed by atoms with Crippen molar-refractivity contribution in [2.24, 2.45) is 5.92 Å². The first kappa shape index (κ1) is 24.7. The fraction of sp³-hybridized carbons (Fsp3) is 0.647. The molecular weight excluding hydrogens is 431 g/mol. The van der Waals surface area contributed by atoms with Gasteiger partial charge in [-0.25, -0.2) is 4.39 Å². The van der Waals surface area contributed by atoms with Crippen molar-refractivity contribution in [3.8, 4) is 0 Å². The molecule has 2 aliphatic heterocycles. The van der Waals surface area contributed by atoms with Crippen molar-refractivity contribution >= 4 is 36.4 Å². The predicted octanol–water partition coefficient (Wildman–Crippen LogP) is 4.71. The molecule has 0 unspecified atom stereocenters. The van der Waals surface area contributed by atoms with Gasteiger partial charge in [0.2, 0.25) is 0 Å². The number of nitrogens with zero attached hydrogens (tertiary/aromatic N) is 1. The molecule has 1 aromatic rings. The highest BCUT2D eigenvalue weighted by atomic mass is 35.5. The van der Waals surface area contributed by atoms with Gasteiger partial charge in [-0.15, -0.1) is 24.8 Å². The molecule has 27 heavy (non-hydrogen) atoms. The van der Waals surface area contributed by atoms with Gasteiger partial charge in [0.1, 0.15) is 5.82 Å². The first-order valence-corrected chi connectivity index (χ1v) is 8.84. The standard InChI is InChI=1S/C17H21ClF4N2O.2ClH/c18-14-10-12(17(20,21)22)9-13(15(14)19)16(11-1-7-25-8-2-11)24-5-3-23-4-6-24;;/h9-11,16,23H,1-8H2;2*1H/t16-;;/m0../s1. The van der Waals surface area contributed by atoms with Gasteiger partial charge < -0.3 is 10.1 Å². The Labute approximate surface area is 173 Å². The van der Waals surface area contributed by atoms with Crippen LogP contribution >= 0.6 is 36.4 Å². The normalized spacial score (nSPS) is 20.5. The predicted molar refractivity (Wildman–Crippen MR) is 102 cm³/mol. The van der Waals surface area contributed by atoms with Gasteiger partial charge in [0, 0.05) is 51.0 Å². The van der Waals surface area contributed by atoms with Crippen molar-refractivity contribution in [1.29, 1.82) is 0 Å². The SMILES string of the molecule is Cl.Cl.Fc1c(Cl)cc(C(F)(F)F)cc1[C@H](C1CCOCC1)N1CCNCC1. The number of hydrogen-bond donors (Lipinski definition) is 1. The van der Waals surface area contributed by atoms with Gasteiger partial charge in [-0.05, 0) is 30.9 Å². The van der Waals surface area contributed by atoms with Crippen LogP contribution in [-0.2, 0) is 10.9 Å². The fourth-order valence-electron chi connectivity index (χ4n) is 3.73. The molecule has 0 spiro atoms. The molecule has 3 rings (SSSR count). The number of alkyl halides is 3. The van der Waals surface area contributed by atoms with E-state index in [0.717, 1.165) is 19.2 Å². The first-order valence-electron chi connectivity index (χ1n) is 8.46. The highest BCUT2D eigenvalue weighted by Crippen LogP contribution is 2.41. The lowest BCUT2D eigenvalue weighted by Crippen LogP contribution is -2.47. The topological polar surface area (TPSA) is 24.5 Å². The average molecular weight is 454 g/mol. The molecule has 0 aromatic heterocycles. The van der Waals surface area contributed by atoms with E-state index in [1.165, 1.54) is 0 Å². The van der Waals surface area contributed by atoms with Crippen LogP contribution in [0.4, 0.5) is 17.6 Å². The summed E-state index contributed by atoms with van der Waals surface area (Å²) in [5, 5.41) is 2.74. The number of ether oxygens (including phenoxy) is 1. The molecular formula is C17H23Cl3F4N2O. The van der Waals surface area contributed by atoms with Crippen molar-refractivity contribution < 1.29 is 22.3 Å². The molecule has 2 fully saturated rings. The molecule has 156 valence electrons. The molecule has 10 heteroatoms. The van der Waals surface area contributed by atoms with E-state index >= 15 is 0 Å². The second-order valence-electron chi connectivity index (χ2n) is 6.54. The Morgan fingerprint density at radius 2 is 1.70 bits per heavy atom. The molecule has 1 aromatic carbocycles. The van der Waals surface area contributed by atoms with Crippen LogP contribution in [0.1, 0.15) is 30.0 Å².